The van der Waals surface area contributed by atoms with E-state index in [0.29, 0.717) is 12.5 Å². The lowest BCUT2D eigenvalue weighted by Gasteiger charge is -2.30. The molecule has 1 fully saturated rings. The highest BCUT2D eigenvalue weighted by Gasteiger charge is 2.23. The normalized spacial score (nSPS) is 24.5. The third-order valence-corrected chi connectivity index (χ3v) is 4.80. The first-order chi connectivity index (χ1) is 10.2. The van der Waals surface area contributed by atoms with Gasteiger partial charge < -0.3 is 16.4 Å². The van der Waals surface area contributed by atoms with Gasteiger partial charge in [0.15, 0.2) is 0 Å². The molecule has 0 bridgehead atoms. The molecule has 1 aromatic carbocycles. The molecule has 0 radical (unpaired) electrons. The number of benzene rings is 1. The van der Waals surface area contributed by atoms with Gasteiger partial charge in [0, 0.05) is 11.7 Å². The Kier molecular flexibility index (Phi) is 4.04. The molecule has 0 spiro atoms. The van der Waals surface area contributed by atoms with Gasteiger partial charge >= 0.3 is 0 Å². The molecule has 3 rings (SSSR count). The minimum absolute atomic E-state index is 0.0571. The lowest BCUT2D eigenvalue weighted by atomic mass is 9.83. The quantitative estimate of drug-likeness (QED) is 0.742. The van der Waals surface area contributed by atoms with Crippen molar-refractivity contribution < 1.29 is 4.79 Å². The number of carbonyl (C=O) groups excluding carboxylic acids is 1. The van der Waals surface area contributed by atoms with E-state index < -0.39 is 0 Å². The summed E-state index contributed by atoms with van der Waals surface area (Å²) in [7, 11) is 0. The van der Waals surface area contributed by atoms with Crippen LogP contribution < -0.4 is 16.4 Å². The summed E-state index contributed by atoms with van der Waals surface area (Å²) < 4.78 is 0. The molecule has 1 aliphatic carbocycles. The molecule has 2 aliphatic rings. The molecule has 21 heavy (non-hydrogen) atoms. The van der Waals surface area contributed by atoms with E-state index in [1.807, 2.05) is 12.1 Å². The van der Waals surface area contributed by atoms with Crippen LogP contribution in [0.5, 0.6) is 0 Å². The van der Waals surface area contributed by atoms with Crippen LogP contribution in [0.3, 0.4) is 0 Å². The van der Waals surface area contributed by atoms with Gasteiger partial charge in [-0.25, -0.2) is 0 Å². The van der Waals surface area contributed by atoms with E-state index in [0.717, 1.165) is 28.5 Å². The van der Waals surface area contributed by atoms with Crippen LogP contribution in [-0.2, 0) is 11.2 Å². The van der Waals surface area contributed by atoms with Crippen molar-refractivity contribution in [2.75, 3.05) is 16.4 Å². The number of rotatable bonds is 4. The molecule has 4 nitrogen and oxygen atoms in total. The van der Waals surface area contributed by atoms with Crippen molar-refractivity contribution in [3.05, 3.63) is 17.7 Å². The van der Waals surface area contributed by atoms with Crippen molar-refractivity contribution >= 4 is 23.0 Å². The van der Waals surface area contributed by atoms with E-state index >= 15 is 0 Å². The van der Waals surface area contributed by atoms with Crippen LogP contribution in [0, 0.1) is 5.92 Å². The fraction of sp³-hybridized carbons (Fsp3) is 0.588. The first-order valence-electron chi connectivity index (χ1n) is 8.14. The third-order valence-electron chi connectivity index (χ3n) is 4.80. The first kappa shape index (κ1) is 14.2. The molecule has 4 heteroatoms. The van der Waals surface area contributed by atoms with Crippen LogP contribution in [-0.4, -0.2) is 11.9 Å². The Bertz CT molecular complexity index is 533. The van der Waals surface area contributed by atoms with Gasteiger partial charge in [-0.15, -0.1) is 0 Å². The van der Waals surface area contributed by atoms with Gasteiger partial charge in [-0.2, -0.15) is 0 Å². The van der Waals surface area contributed by atoms with Crippen LogP contribution in [0.15, 0.2) is 12.1 Å². The summed E-state index contributed by atoms with van der Waals surface area (Å²) in [6.45, 7) is 2.27. The summed E-state index contributed by atoms with van der Waals surface area (Å²) in [5.74, 6) is 0.964. The van der Waals surface area contributed by atoms with E-state index in [2.05, 4.69) is 17.6 Å². The molecule has 1 aromatic rings. The van der Waals surface area contributed by atoms with E-state index in [-0.39, 0.29) is 5.91 Å². The molecule has 0 saturated heterocycles. The molecule has 1 saturated carbocycles. The summed E-state index contributed by atoms with van der Waals surface area (Å²) in [5, 5.41) is 6.47. The monoisotopic (exact) mass is 287 g/mol. The number of hydrogen-bond acceptors (Lipinski definition) is 3. The third kappa shape index (κ3) is 3.14. The van der Waals surface area contributed by atoms with E-state index in [1.165, 1.54) is 38.5 Å². The number of nitrogens with two attached hydrogens (primary N) is 1. The lowest BCUT2D eigenvalue weighted by Crippen LogP contribution is -2.26. The van der Waals surface area contributed by atoms with Gasteiger partial charge in [-0.3, -0.25) is 4.79 Å². The van der Waals surface area contributed by atoms with Crippen molar-refractivity contribution in [3.8, 4) is 0 Å². The fourth-order valence-corrected chi connectivity index (χ4v) is 3.64. The van der Waals surface area contributed by atoms with Crippen molar-refractivity contribution in [2.45, 2.75) is 57.9 Å². The number of carbonyl (C=O) groups is 1. The topological polar surface area (TPSA) is 67.1 Å². The maximum atomic E-state index is 11.4. The lowest BCUT2D eigenvalue weighted by molar-refractivity contribution is -0.115. The largest absolute Gasteiger partial charge is 0.397 e. The molecule has 114 valence electrons. The van der Waals surface area contributed by atoms with Crippen LogP contribution in [0.25, 0.3) is 0 Å². The zero-order chi connectivity index (χ0) is 14.8. The summed E-state index contributed by atoms with van der Waals surface area (Å²) in [6.07, 6.45) is 8.16. The maximum Gasteiger partial charge on any atom is 0.228 e. The van der Waals surface area contributed by atoms with Crippen LogP contribution in [0.1, 0.15) is 51.0 Å². The zero-order valence-electron chi connectivity index (χ0n) is 12.7. The van der Waals surface area contributed by atoms with E-state index in [4.69, 9.17) is 5.73 Å². The molecule has 1 amide bonds. The Morgan fingerprint density at radius 3 is 2.76 bits per heavy atom. The molecule has 4 N–H and O–H groups in total. The molecule has 0 aromatic heterocycles. The van der Waals surface area contributed by atoms with Gasteiger partial charge in [0.1, 0.15) is 0 Å². The highest BCUT2D eigenvalue weighted by Crippen LogP contribution is 2.34. The van der Waals surface area contributed by atoms with Gasteiger partial charge in [0.25, 0.3) is 0 Å². The van der Waals surface area contributed by atoms with Crippen molar-refractivity contribution in [3.63, 3.8) is 0 Å². The average Bonchev–Trinajstić information content (AvgIpc) is 2.81. The predicted molar refractivity (Wildman–Crippen MR) is 87.5 cm³/mol. The minimum Gasteiger partial charge on any atom is -0.397 e. The van der Waals surface area contributed by atoms with Gasteiger partial charge in [-0.1, -0.05) is 19.8 Å². The smallest absolute Gasteiger partial charge is 0.228 e. The number of hydrogen-bond donors (Lipinski definition) is 3. The average molecular weight is 287 g/mol. The van der Waals surface area contributed by atoms with E-state index in [9.17, 15) is 4.79 Å². The number of anilines is 3. The summed E-state index contributed by atoms with van der Waals surface area (Å²) >= 11 is 0. The van der Waals surface area contributed by atoms with Crippen LogP contribution in [0.4, 0.5) is 17.1 Å². The predicted octanol–water partition coefficient (Wildman–Crippen LogP) is 3.53. The van der Waals surface area contributed by atoms with Crippen LogP contribution in [0.2, 0.25) is 0 Å². The Labute approximate surface area is 126 Å². The van der Waals surface area contributed by atoms with Crippen molar-refractivity contribution in [1.82, 2.24) is 0 Å². The molecule has 1 heterocycles. The summed E-state index contributed by atoms with van der Waals surface area (Å²) in [6, 6.07) is 4.43. The van der Waals surface area contributed by atoms with Gasteiger partial charge in [0.2, 0.25) is 5.91 Å². The standard InChI is InChI=1S/C17H25N3O/c1-2-3-11-4-6-13(7-5-11)19-16-10-15-12(8-14(16)18)9-17(21)20-15/h8,10-11,13,19H,2-7,9,18H2,1H3,(H,20,21). The first-order valence-corrected chi connectivity index (χ1v) is 8.14. The summed E-state index contributed by atoms with van der Waals surface area (Å²) in [5.41, 5.74) is 9.77. The van der Waals surface area contributed by atoms with Crippen molar-refractivity contribution in [2.24, 2.45) is 5.92 Å². The number of nitrogens with one attached hydrogen (secondary N) is 2. The molecule has 1 aliphatic heterocycles. The van der Waals surface area contributed by atoms with Crippen molar-refractivity contribution in [1.29, 1.82) is 0 Å². The SMILES string of the molecule is CCCC1CCC(Nc2cc3c(cc2N)CC(=O)N3)CC1. The second-order valence-corrected chi connectivity index (χ2v) is 6.47. The molecule has 0 unspecified atom stereocenters. The molecule has 0 atom stereocenters. The Morgan fingerprint density at radius 2 is 2.05 bits per heavy atom. The number of nitrogen functional groups attached to an aromatic ring is 1. The maximum absolute atomic E-state index is 11.4. The van der Waals surface area contributed by atoms with Crippen LogP contribution >= 0.6 is 0 Å². The minimum atomic E-state index is 0.0571. The zero-order valence-corrected chi connectivity index (χ0v) is 12.7. The molecular weight excluding hydrogens is 262 g/mol. The Hall–Kier alpha value is -1.71. The number of fused-ring (bicyclic) bond motifs is 1. The fourth-order valence-electron chi connectivity index (χ4n) is 3.64. The van der Waals surface area contributed by atoms with Gasteiger partial charge in [0.05, 0.1) is 17.8 Å². The Morgan fingerprint density at radius 1 is 1.29 bits per heavy atom. The second-order valence-electron chi connectivity index (χ2n) is 6.47. The van der Waals surface area contributed by atoms with E-state index in [1.54, 1.807) is 0 Å². The highest BCUT2D eigenvalue weighted by molar-refractivity contribution is 6.00. The summed E-state index contributed by atoms with van der Waals surface area (Å²) in [4.78, 5) is 11.4. The molecular formula is C17H25N3O. The van der Waals surface area contributed by atoms with Gasteiger partial charge in [-0.05, 0) is 49.3 Å². The second kappa shape index (κ2) is 5.96. The number of amides is 1. The highest BCUT2D eigenvalue weighted by atomic mass is 16.1. The Balaban J connectivity index is 1.64.